The number of ether oxygens (including phenoxy) is 8. The van der Waals surface area contributed by atoms with Gasteiger partial charge >= 0.3 is 0 Å². The van der Waals surface area contributed by atoms with E-state index in [1.54, 1.807) is 6.26 Å². The van der Waals surface area contributed by atoms with E-state index in [2.05, 4.69) is 10.8 Å². The molecular weight excluding hydrogens is 789 g/mol. The van der Waals surface area contributed by atoms with Crippen LogP contribution in [0.25, 0.3) is 0 Å². The molecule has 0 amide bonds. The fourth-order valence-electron chi connectivity index (χ4n) is 6.01. The summed E-state index contributed by atoms with van der Waals surface area (Å²) in [4.78, 5) is 0. The summed E-state index contributed by atoms with van der Waals surface area (Å²) in [5, 5.41) is 0. The van der Waals surface area contributed by atoms with Crippen LogP contribution in [-0.2, 0) is 37.9 Å². The molecule has 13 aliphatic rings. The summed E-state index contributed by atoms with van der Waals surface area (Å²) >= 11 is 0. The molecule has 11 fully saturated rings. The molecule has 6 saturated carbocycles. The number of epoxide rings is 1. The standard InChI is InChI=1S/2C6H12.C5H10O.2C5H8O.C5H10.C4H8O2.C4H8O.C4H8.C3H6O.2C3H6.C2H4O/c5*1-2-4-6-5-3-1;1-2-4-5-3-1;1-2-6-4-3-5-1;1-2-4-5-3-1;2*1-2-4-3-1;3*1-2-3-1/h2*1-6H2;1-5H2;2,4H,1,3,5H2;1-2H,3-5H2;1-5H2;1-4H2;1-4H2;1-4H2;1-3H2;2*1-3H2;1-2H2. The lowest BCUT2D eigenvalue weighted by atomic mass is 10.0. The highest BCUT2D eigenvalue weighted by molar-refractivity contribution is 4.84. The zero-order valence-corrected chi connectivity index (χ0v) is 41.6. The van der Waals surface area contributed by atoms with Crippen molar-refractivity contribution in [2.24, 2.45) is 0 Å². The van der Waals surface area contributed by atoms with Gasteiger partial charge in [-0.05, 0) is 63.9 Å². The quantitative estimate of drug-likeness (QED) is 0.176. The number of hydrogen-bond acceptors (Lipinski definition) is 8. The van der Waals surface area contributed by atoms with E-state index in [1.807, 2.05) is 12.2 Å². The molecule has 8 nitrogen and oxygen atoms in total. The minimum absolute atomic E-state index is 0.778. The fraction of sp³-hybridized carbons (Fsp3) is 0.927. The molecule has 63 heavy (non-hydrogen) atoms. The first-order valence-electron chi connectivity index (χ1n) is 27.5. The maximum absolute atomic E-state index is 5.07. The molecule has 0 bridgehead atoms. The molecule has 0 radical (unpaired) electrons. The van der Waals surface area contributed by atoms with Gasteiger partial charge in [-0.2, -0.15) is 0 Å². The fourth-order valence-corrected chi connectivity index (χ4v) is 6.01. The van der Waals surface area contributed by atoms with Crippen LogP contribution in [0.5, 0.6) is 0 Å². The van der Waals surface area contributed by atoms with Crippen LogP contribution < -0.4 is 0 Å². The van der Waals surface area contributed by atoms with Crippen molar-refractivity contribution >= 4 is 0 Å². The number of rotatable bonds is 0. The lowest BCUT2D eigenvalue weighted by molar-refractivity contribution is -0.0334. The second-order valence-electron chi connectivity index (χ2n) is 18.1. The third kappa shape index (κ3) is 67.7. The van der Waals surface area contributed by atoms with Crippen LogP contribution in [0.15, 0.2) is 24.5 Å². The molecule has 0 aromatic heterocycles. The molecule has 7 heterocycles. The van der Waals surface area contributed by atoms with Crippen molar-refractivity contribution in [2.45, 2.75) is 231 Å². The molecule has 0 unspecified atom stereocenters. The number of allylic oxidation sites excluding steroid dienone is 1. The number of hydrogen-bond donors (Lipinski definition) is 0. The average Bonchev–Trinajstić information content (AvgIpc) is 4.25. The van der Waals surface area contributed by atoms with Crippen molar-refractivity contribution in [1.29, 1.82) is 0 Å². The Morgan fingerprint density at radius 1 is 0.175 bits per heavy atom. The minimum Gasteiger partial charge on any atom is -0.502 e. The second-order valence-corrected chi connectivity index (χ2v) is 18.1. The van der Waals surface area contributed by atoms with Crippen LogP contribution in [0.1, 0.15) is 231 Å². The first-order valence-corrected chi connectivity index (χ1v) is 27.5. The summed E-state index contributed by atoms with van der Waals surface area (Å²) in [6.45, 7) is 13.8. The minimum atomic E-state index is 0.778. The van der Waals surface area contributed by atoms with Gasteiger partial charge in [-0.3, -0.25) is 0 Å². The topological polar surface area (TPSA) is 77.1 Å². The van der Waals surface area contributed by atoms with Gasteiger partial charge in [0, 0.05) is 39.6 Å². The van der Waals surface area contributed by atoms with Gasteiger partial charge in [-0.15, -0.1) is 0 Å². The average molecular weight is 895 g/mol. The maximum atomic E-state index is 5.07. The zero-order valence-electron chi connectivity index (χ0n) is 41.6. The summed E-state index contributed by atoms with van der Waals surface area (Å²) < 4.78 is 39.0. The molecule has 0 N–H and O–H groups in total. The van der Waals surface area contributed by atoms with E-state index in [0.717, 1.165) is 106 Å². The summed E-state index contributed by atoms with van der Waals surface area (Å²) in [5.74, 6) is 0. The van der Waals surface area contributed by atoms with Crippen molar-refractivity contribution < 1.29 is 37.9 Å². The first-order chi connectivity index (χ1) is 31.5. The summed E-state index contributed by atoms with van der Waals surface area (Å²) in [6.07, 6.45) is 59.7. The molecule has 0 aromatic rings. The summed E-state index contributed by atoms with van der Waals surface area (Å²) in [6, 6.07) is 0. The van der Waals surface area contributed by atoms with Crippen molar-refractivity contribution in [3.8, 4) is 0 Å². The van der Waals surface area contributed by atoms with E-state index in [0.29, 0.717) is 0 Å². The van der Waals surface area contributed by atoms with E-state index >= 15 is 0 Å². The predicted molar refractivity (Wildman–Crippen MR) is 266 cm³/mol. The lowest BCUT2D eigenvalue weighted by Crippen LogP contribution is -2.16. The van der Waals surface area contributed by atoms with Crippen LogP contribution >= 0.6 is 0 Å². The molecule has 8 heteroatoms. The van der Waals surface area contributed by atoms with Gasteiger partial charge in [0.25, 0.3) is 0 Å². The summed E-state index contributed by atoms with van der Waals surface area (Å²) in [7, 11) is 0. The van der Waals surface area contributed by atoms with E-state index in [9.17, 15) is 0 Å². The van der Waals surface area contributed by atoms with Crippen molar-refractivity contribution in [2.75, 3.05) is 99.1 Å². The van der Waals surface area contributed by atoms with E-state index in [1.165, 1.54) is 225 Å². The third-order valence-corrected chi connectivity index (χ3v) is 11.0. The Kier molecular flexibility index (Phi) is 54.4. The van der Waals surface area contributed by atoms with Gasteiger partial charge in [-0.1, -0.05) is 186 Å². The van der Waals surface area contributed by atoms with Gasteiger partial charge in [0.05, 0.1) is 65.7 Å². The summed E-state index contributed by atoms with van der Waals surface area (Å²) in [5.41, 5.74) is 0. The van der Waals surface area contributed by atoms with Crippen LogP contribution in [0.3, 0.4) is 0 Å². The van der Waals surface area contributed by atoms with E-state index in [-0.39, 0.29) is 0 Å². The SMILES string of the molecule is C1=CCOCC1.C1=COCCC1.C1CC1.C1CC1.C1CCC1.C1CCCC1.C1CCCCC1.C1CCCCC1.C1CCOC1.C1CCOCC1.C1CO1.C1COC1.C1COCCO1. The Morgan fingerprint density at radius 3 is 0.556 bits per heavy atom. The van der Waals surface area contributed by atoms with Crippen molar-refractivity contribution in [3.05, 3.63) is 24.5 Å². The highest BCUT2D eigenvalue weighted by Gasteiger charge is 2.00. The molecule has 0 spiro atoms. The molecule has 13 rings (SSSR count). The van der Waals surface area contributed by atoms with Gasteiger partial charge in [0.2, 0.25) is 0 Å². The maximum Gasteiger partial charge on any atom is 0.0876 e. The molecule has 374 valence electrons. The van der Waals surface area contributed by atoms with Crippen LogP contribution in [0.4, 0.5) is 0 Å². The van der Waals surface area contributed by atoms with Crippen LogP contribution in [0, 0.1) is 0 Å². The smallest absolute Gasteiger partial charge is 0.0876 e. The highest BCUT2D eigenvalue weighted by Crippen LogP contribution is 2.17. The van der Waals surface area contributed by atoms with Crippen LogP contribution in [-0.4, -0.2) is 99.1 Å². The third-order valence-electron chi connectivity index (χ3n) is 11.0. The Bertz CT molecular complexity index is 640. The lowest BCUT2D eigenvalue weighted by Gasteiger charge is -2.09. The zero-order chi connectivity index (χ0) is 44.5. The molecule has 6 aliphatic carbocycles. The predicted octanol–water partition coefficient (Wildman–Crippen LogP) is 15.2. The van der Waals surface area contributed by atoms with E-state index < -0.39 is 0 Å². The van der Waals surface area contributed by atoms with Gasteiger partial charge in [-0.25, -0.2) is 0 Å². The Labute approximate surface area is 391 Å². The largest absolute Gasteiger partial charge is 0.502 e. The first kappa shape index (κ1) is 60.0. The highest BCUT2D eigenvalue weighted by atomic mass is 16.6. The van der Waals surface area contributed by atoms with E-state index in [4.69, 9.17) is 33.2 Å². The Morgan fingerprint density at radius 2 is 0.460 bits per heavy atom. The normalized spacial score (nSPS) is 23.4. The second kappa shape index (κ2) is 57.1. The molecule has 0 atom stereocenters. The van der Waals surface area contributed by atoms with Crippen molar-refractivity contribution in [1.82, 2.24) is 0 Å². The monoisotopic (exact) mass is 895 g/mol. The van der Waals surface area contributed by atoms with Gasteiger partial charge in [0.15, 0.2) is 0 Å². The van der Waals surface area contributed by atoms with Gasteiger partial charge in [0.1, 0.15) is 0 Å². The Hall–Kier alpha value is -1.00. The molecule has 7 aliphatic heterocycles. The Balaban J connectivity index is 0.000000343. The molecule has 0 aromatic carbocycles. The molecular formula is C55H106O8. The van der Waals surface area contributed by atoms with Gasteiger partial charge < -0.3 is 37.9 Å². The van der Waals surface area contributed by atoms with Crippen LogP contribution in [0.2, 0.25) is 0 Å². The van der Waals surface area contributed by atoms with Crippen molar-refractivity contribution in [3.63, 3.8) is 0 Å². The molecule has 5 saturated heterocycles.